The van der Waals surface area contributed by atoms with Crippen molar-refractivity contribution < 1.29 is 0 Å². The van der Waals surface area contributed by atoms with Crippen molar-refractivity contribution >= 4 is 23.2 Å². The van der Waals surface area contributed by atoms with Crippen LogP contribution in [0.4, 0.5) is 0 Å². The quantitative estimate of drug-likeness (QED) is 0.926. The van der Waals surface area contributed by atoms with E-state index in [0.717, 1.165) is 37.7 Å². The standard InChI is InChI=1S/C14H19Cl2N3/c15-11-8-18-9-12(16)14(11)13(7-10-1-2-10)19-5-3-17-4-6-19/h8-10,13,17H,1-7H2/t13-/m1/s1. The minimum Gasteiger partial charge on any atom is -0.314 e. The first kappa shape index (κ1) is 13.6. The first-order valence-electron chi connectivity index (χ1n) is 6.99. The van der Waals surface area contributed by atoms with Gasteiger partial charge in [-0.1, -0.05) is 36.0 Å². The number of hydrogen-bond acceptors (Lipinski definition) is 3. The van der Waals surface area contributed by atoms with Gasteiger partial charge in [0.1, 0.15) is 0 Å². The molecule has 19 heavy (non-hydrogen) atoms. The van der Waals surface area contributed by atoms with Crippen LogP contribution in [0.3, 0.4) is 0 Å². The van der Waals surface area contributed by atoms with Gasteiger partial charge < -0.3 is 5.32 Å². The number of hydrogen-bond donors (Lipinski definition) is 1. The first-order chi connectivity index (χ1) is 9.25. The lowest BCUT2D eigenvalue weighted by molar-refractivity contribution is 0.160. The van der Waals surface area contributed by atoms with Crippen LogP contribution >= 0.6 is 23.2 Å². The van der Waals surface area contributed by atoms with Crippen molar-refractivity contribution in [3.8, 4) is 0 Å². The molecule has 0 bridgehead atoms. The molecule has 0 radical (unpaired) electrons. The molecule has 3 rings (SSSR count). The van der Waals surface area contributed by atoms with Crippen molar-refractivity contribution in [1.82, 2.24) is 15.2 Å². The highest BCUT2D eigenvalue weighted by Gasteiger charge is 2.32. The van der Waals surface area contributed by atoms with E-state index in [0.29, 0.717) is 16.1 Å². The van der Waals surface area contributed by atoms with Gasteiger partial charge in [-0.15, -0.1) is 0 Å². The summed E-state index contributed by atoms with van der Waals surface area (Å²) in [7, 11) is 0. The molecule has 1 N–H and O–H groups in total. The second kappa shape index (κ2) is 5.96. The third-order valence-corrected chi connectivity index (χ3v) is 4.67. The van der Waals surface area contributed by atoms with Crippen LogP contribution in [0.5, 0.6) is 0 Å². The SMILES string of the molecule is Clc1cncc(Cl)c1[C@@H](CC1CC1)N1CCNCC1. The Morgan fingerprint density at radius 2 is 1.84 bits per heavy atom. The summed E-state index contributed by atoms with van der Waals surface area (Å²) in [5.74, 6) is 0.847. The van der Waals surface area contributed by atoms with Crippen LogP contribution in [0, 0.1) is 5.92 Å². The highest BCUT2D eigenvalue weighted by molar-refractivity contribution is 6.35. The monoisotopic (exact) mass is 299 g/mol. The second-order valence-corrected chi connectivity index (χ2v) is 6.31. The lowest BCUT2D eigenvalue weighted by Gasteiger charge is -2.36. The molecule has 0 amide bonds. The Labute approximate surface area is 124 Å². The first-order valence-corrected chi connectivity index (χ1v) is 7.75. The normalized spacial score (nSPS) is 22.4. The van der Waals surface area contributed by atoms with Crippen LogP contribution in [-0.2, 0) is 0 Å². The molecule has 104 valence electrons. The lowest BCUT2D eigenvalue weighted by atomic mass is 9.99. The van der Waals surface area contributed by atoms with Gasteiger partial charge >= 0.3 is 0 Å². The highest BCUT2D eigenvalue weighted by atomic mass is 35.5. The number of halogens is 2. The van der Waals surface area contributed by atoms with Crippen LogP contribution in [0.25, 0.3) is 0 Å². The third-order valence-electron chi connectivity index (χ3n) is 4.07. The fourth-order valence-electron chi connectivity index (χ4n) is 2.85. The van der Waals surface area contributed by atoms with E-state index in [-0.39, 0.29) is 0 Å². The van der Waals surface area contributed by atoms with Gasteiger partial charge in [-0.2, -0.15) is 0 Å². The van der Waals surface area contributed by atoms with E-state index in [9.17, 15) is 0 Å². The number of pyridine rings is 1. The van der Waals surface area contributed by atoms with Gasteiger partial charge in [-0.05, 0) is 12.3 Å². The molecule has 0 spiro atoms. The largest absolute Gasteiger partial charge is 0.314 e. The Morgan fingerprint density at radius 1 is 1.21 bits per heavy atom. The zero-order valence-electron chi connectivity index (χ0n) is 10.9. The van der Waals surface area contributed by atoms with Gasteiger partial charge in [0.05, 0.1) is 10.0 Å². The summed E-state index contributed by atoms with van der Waals surface area (Å²) in [6, 6.07) is 0.345. The molecule has 1 aliphatic heterocycles. The van der Waals surface area contributed by atoms with E-state index in [2.05, 4.69) is 15.2 Å². The summed E-state index contributed by atoms with van der Waals surface area (Å²) in [6.07, 6.45) is 7.30. The van der Waals surface area contributed by atoms with Crippen molar-refractivity contribution in [3.63, 3.8) is 0 Å². The zero-order valence-corrected chi connectivity index (χ0v) is 12.4. The Bertz CT molecular complexity index is 422. The summed E-state index contributed by atoms with van der Waals surface area (Å²) in [6.45, 7) is 4.21. The van der Waals surface area contributed by atoms with Gasteiger partial charge in [-0.25, -0.2) is 0 Å². The minimum atomic E-state index is 0.345. The van der Waals surface area contributed by atoms with E-state index in [1.54, 1.807) is 12.4 Å². The second-order valence-electron chi connectivity index (χ2n) is 5.50. The maximum Gasteiger partial charge on any atom is 0.0652 e. The van der Waals surface area contributed by atoms with Crippen molar-refractivity contribution in [2.24, 2.45) is 5.92 Å². The predicted octanol–water partition coefficient (Wildman–Crippen LogP) is 3.13. The van der Waals surface area contributed by atoms with Crippen LogP contribution in [-0.4, -0.2) is 36.1 Å². The lowest BCUT2D eigenvalue weighted by Crippen LogP contribution is -2.45. The molecule has 5 heteroatoms. The molecule has 1 saturated heterocycles. The molecule has 0 aromatic carbocycles. The van der Waals surface area contributed by atoms with Gasteiger partial charge in [0.2, 0.25) is 0 Å². The Kier molecular flexibility index (Phi) is 4.27. The summed E-state index contributed by atoms with van der Waals surface area (Å²) < 4.78 is 0. The molecular weight excluding hydrogens is 281 g/mol. The van der Waals surface area contributed by atoms with Crippen LogP contribution < -0.4 is 5.32 Å². The third kappa shape index (κ3) is 3.22. The maximum atomic E-state index is 6.36. The van der Waals surface area contributed by atoms with Gasteiger partial charge in [-0.3, -0.25) is 9.88 Å². The predicted molar refractivity (Wildman–Crippen MR) is 78.8 cm³/mol. The molecule has 2 fully saturated rings. The van der Waals surface area contributed by atoms with E-state index in [1.165, 1.54) is 19.3 Å². The molecule has 3 nitrogen and oxygen atoms in total. The maximum absolute atomic E-state index is 6.36. The number of nitrogens with zero attached hydrogens (tertiary/aromatic N) is 2. The number of piperazine rings is 1. The van der Waals surface area contributed by atoms with E-state index in [1.807, 2.05) is 0 Å². The van der Waals surface area contributed by atoms with Gasteiger partial charge in [0, 0.05) is 50.2 Å². The number of rotatable bonds is 4. The average molecular weight is 300 g/mol. The number of aromatic nitrogens is 1. The van der Waals surface area contributed by atoms with Gasteiger partial charge in [0.25, 0.3) is 0 Å². The topological polar surface area (TPSA) is 28.2 Å². The van der Waals surface area contributed by atoms with Crippen molar-refractivity contribution in [3.05, 3.63) is 28.0 Å². The minimum absolute atomic E-state index is 0.345. The zero-order chi connectivity index (χ0) is 13.2. The van der Waals surface area contributed by atoms with Crippen LogP contribution in [0.15, 0.2) is 12.4 Å². The van der Waals surface area contributed by atoms with Crippen molar-refractivity contribution in [2.75, 3.05) is 26.2 Å². The van der Waals surface area contributed by atoms with Crippen molar-refractivity contribution in [1.29, 1.82) is 0 Å². The molecule has 2 aliphatic rings. The summed E-state index contributed by atoms with van der Waals surface area (Å²) in [4.78, 5) is 6.59. The molecule has 1 aliphatic carbocycles. The van der Waals surface area contributed by atoms with Crippen LogP contribution in [0.2, 0.25) is 10.0 Å². The van der Waals surface area contributed by atoms with Crippen molar-refractivity contribution in [2.45, 2.75) is 25.3 Å². The molecule has 2 heterocycles. The van der Waals surface area contributed by atoms with Gasteiger partial charge in [0.15, 0.2) is 0 Å². The number of nitrogens with one attached hydrogen (secondary N) is 1. The molecule has 1 aromatic heterocycles. The molecule has 0 unspecified atom stereocenters. The summed E-state index contributed by atoms with van der Waals surface area (Å²) in [5, 5.41) is 4.81. The van der Waals surface area contributed by atoms with E-state index in [4.69, 9.17) is 23.2 Å². The average Bonchev–Trinajstić information content (AvgIpc) is 3.22. The molecule has 1 aromatic rings. The molecule has 1 saturated carbocycles. The van der Waals surface area contributed by atoms with E-state index < -0.39 is 0 Å². The molecule has 1 atom stereocenters. The smallest absolute Gasteiger partial charge is 0.0652 e. The van der Waals surface area contributed by atoms with E-state index >= 15 is 0 Å². The van der Waals surface area contributed by atoms with Crippen LogP contribution in [0.1, 0.15) is 30.9 Å². The summed E-state index contributed by atoms with van der Waals surface area (Å²) in [5.41, 5.74) is 1.08. The fourth-order valence-corrected chi connectivity index (χ4v) is 3.47. The molecular formula is C14H19Cl2N3. The Balaban J connectivity index is 1.88. The highest BCUT2D eigenvalue weighted by Crippen LogP contribution is 2.43. The summed E-state index contributed by atoms with van der Waals surface area (Å²) >= 11 is 12.7. The fraction of sp³-hybridized carbons (Fsp3) is 0.643. The Morgan fingerprint density at radius 3 is 2.42 bits per heavy atom. The Hall–Kier alpha value is -0.350.